The fraction of sp³-hybridized carbons (Fsp3) is 0. The Labute approximate surface area is 319 Å². The Kier molecular flexibility index (Phi) is 8.09. The summed E-state index contributed by atoms with van der Waals surface area (Å²) in [6.07, 6.45) is 0. The summed E-state index contributed by atoms with van der Waals surface area (Å²) in [5.74, 6) is 0. The quantitative estimate of drug-likeness (QED) is 0.160. The van der Waals surface area contributed by atoms with Gasteiger partial charge in [0.25, 0.3) is 0 Å². The Hall–Kier alpha value is -6.74. The molecule has 254 valence electrons. The van der Waals surface area contributed by atoms with Crippen LogP contribution in [0.2, 0.25) is 0 Å². The first-order valence-electron chi connectivity index (χ1n) is 18.4. The molecule has 0 atom stereocenters. The standard InChI is InChI=1S/C52H35NS/c1-2-12-39(13-3-1)47-19-6-8-22-50(47)53(44-31-26-37(27-32-44)41-28-33-49-48-20-7-9-23-51(48)54-52(49)35-41)43-29-24-36(25-30-43)40-16-10-17-42(34-40)46-21-11-15-38-14-4-5-18-45(38)46/h1-35H. The van der Waals surface area contributed by atoms with Gasteiger partial charge in [0.1, 0.15) is 0 Å². The highest BCUT2D eigenvalue weighted by Gasteiger charge is 2.18. The number of thiophene rings is 1. The van der Waals surface area contributed by atoms with Gasteiger partial charge in [-0.2, -0.15) is 0 Å². The number of nitrogens with zero attached hydrogens (tertiary/aromatic N) is 1. The fourth-order valence-corrected chi connectivity index (χ4v) is 8.96. The van der Waals surface area contributed by atoms with Crippen molar-refractivity contribution in [1.29, 1.82) is 0 Å². The van der Waals surface area contributed by atoms with Crippen molar-refractivity contribution in [3.05, 3.63) is 212 Å². The minimum atomic E-state index is 1.10. The van der Waals surface area contributed by atoms with E-state index in [1.54, 1.807) is 0 Å². The Balaban J connectivity index is 1.04. The monoisotopic (exact) mass is 705 g/mol. The van der Waals surface area contributed by atoms with Crippen molar-refractivity contribution in [2.75, 3.05) is 4.90 Å². The van der Waals surface area contributed by atoms with E-state index in [-0.39, 0.29) is 0 Å². The summed E-state index contributed by atoms with van der Waals surface area (Å²) >= 11 is 1.86. The van der Waals surface area contributed by atoms with Gasteiger partial charge in [-0.25, -0.2) is 0 Å². The van der Waals surface area contributed by atoms with Crippen molar-refractivity contribution in [2.45, 2.75) is 0 Å². The first-order valence-corrected chi connectivity index (χ1v) is 19.2. The van der Waals surface area contributed by atoms with Crippen LogP contribution in [0.3, 0.4) is 0 Å². The number of para-hydroxylation sites is 1. The second kappa shape index (κ2) is 13.7. The van der Waals surface area contributed by atoms with E-state index in [9.17, 15) is 0 Å². The smallest absolute Gasteiger partial charge is 0.0540 e. The summed E-state index contributed by atoms with van der Waals surface area (Å²) in [7, 11) is 0. The minimum Gasteiger partial charge on any atom is -0.310 e. The van der Waals surface area contributed by atoms with E-state index >= 15 is 0 Å². The first kappa shape index (κ1) is 32.0. The molecule has 10 aromatic rings. The molecule has 9 aromatic carbocycles. The van der Waals surface area contributed by atoms with Gasteiger partial charge < -0.3 is 4.90 Å². The number of fused-ring (bicyclic) bond motifs is 4. The molecular weight excluding hydrogens is 671 g/mol. The zero-order chi connectivity index (χ0) is 35.8. The van der Waals surface area contributed by atoms with Gasteiger partial charge in [-0.15, -0.1) is 11.3 Å². The molecule has 1 heterocycles. The van der Waals surface area contributed by atoms with Crippen molar-refractivity contribution < 1.29 is 0 Å². The van der Waals surface area contributed by atoms with E-state index in [4.69, 9.17) is 0 Å². The van der Waals surface area contributed by atoms with E-state index in [0.717, 1.165) is 17.1 Å². The number of rotatable bonds is 7. The van der Waals surface area contributed by atoms with E-state index in [1.807, 2.05) is 11.3 Å². The van der Waals surface area contributed by atoms with E-state index in [1.165, 1.54) is 75.5 Å². The van der Waals surface area contributed by atoms with E-state index in [0.29, 0.717) is 0 Å². The molecule has 2 heteroatoms. The molecule has 10 rings (SSSR count). The predicted octanol–water partition coefficient (Wildman–Crippen LogP) is 15.3. The predicted molar refractivity (Wildman–Crippen MR) is 233 cm³/mol. The third kappa shape index (κ3) is 5.84. The molecule has 0 saturated heterocycles. The van der Waals surface area contributed by atoms with Gasteiger partial charge >= 0.3 is 0 Å². The lowest BCUT2D eigenvalue weighted by molar-refractivity contribution is 1.28. The zero-order valence-electron chi connectivity index (χ0n) is 29.6. The minimum absolute atomic E-state index is 1.10. The summed E-state index contributed by atoms with van der Waals surface area (Å²) < 4.78 is 2.65. The van der Waals surface area contributed by atoms with E-state index < -0.39 is 0 Å². The molecule has 0 N–H and O–H groups in total. The largest absolute Gasteiger partial charge is 0.310 e. The van der Waals surface area contributed by atoms with Crippen LogP contribution in [0.5, 0.6) is 0 Å². The maximum absolute atomic E-state index is 2.39. The number of hydrogen-bond donors (Lipinski definition) is 0. The second-order valence-electron chi connectivity index (χ2n) is 13.7. The van der Waals surface area contributed by atoms with Crippen LogP contribution in [0.15, 0.2) is 212 Å². The molecule has 0 amide bonds. The van der Waals surface area contributed by atoms with Gasteiger partial charge in [0.15, 0.2) is 0 Å². The van der Waals surface area contributed by atoms with Crippen molar-refractivity contribution in [1.82, 2.24) is 0 Å². The molecule has 0 unspecified atom stereocenters. The van der Waals surface area contributed by atoms with Crippen molar-refractivity contribution in [2.24, 2.45) is 0 Å². The molecule has 0 aliphatic heterocycles. The Morgan fingerprint density at radius 1 is 0.296 bits per heavy atom. The van der Waals surface area contributed by atoms with Crippen LogP contribution in [-0.4, -0.2) is 0 Å². The highest BCUT2D eigenvalue weighted by atomic mass is 32.1. The van der Waals surface area contributed by atoms with Crippen molar-refractivity contribution in [3.63, 3.8) is 0 Å². The lowest BCUT2D eigenvalue weighted by Gasteiger charge is -2.28. The number of anilines is 3. The molecule has 0 radical (unpaired) electrons. The number of hydrogen-bond acceptors (Lipinski definition) is 2. The van der Waals surface area contributed by atoms with Crippen LogP contribution < -0.4 is 4.90 Å². The molecule has 0 aliphatic carbocycles. The topological polar surface area (TPSA) is 3.24 Å². The van der Waals surface area contributed by atoms with Gasteiger partial charge in [0.2, 0.25) is 0 Å². The van der Waals surface area contributed by atoms with Crippen molar-refractivity contribution >= 4 is 59.3 Å². The van der Waals surface area contributed by atoms with Crippen LogP contribution in [0.25, 0.3) is 75.5 Å². The molecule has 0 aliphatic rings. The highest BCUT2D eigenvalue weighted by molar-refractivity contribution is 7.25. The summed E-state index contributed by atoms with van der Waals surface area (Å²) in [5, 5.41) is 5.18. The van der Waals surface area contributed by atoms with E-state index in [2.05, 4.69) is 217 Å². The Morgan fingerprint density at radius 2 is 0.833 bits per heavy atom. The molecular formula is C52H35NS. The maximum Gasteiger partial charge on any atom is 0.0540 e. The molecule has 0 spiro atoms. The number of benzene rings is 9. The Morgan fingerprint density at radius 3 is 1.63 bits per heavy atom. The normalized spacial score (nSPS) is 11.3. The third-order valence-electron chi connectivity index (χ3n) is 10.5. The SMILES string of the molecule is c1ccc(-c2ccccc2N(c2ccc(-c3cccc(-c4cccc5ccccc45)c3)cc2)c2ccc(-c3ccc4c(c3)sc3ccccc34)cc2)cc1. The fourth-order valence-electron chi connectivity index (χ4n) is 7.81. The third-order valence-corrected chi connectivity index (χ3v) is 11.6. The maximum atomic E-state index is 2.39. The van der Waals surface area contributed by atoms with Gasteiger partial charge in [0, 0.05) is 37.1 Å². The van der Waals surface area contributed by atoms with Gasteiger partial charge in [-0.1, -0.05) is 164 Å². The van der Waals surface area contributed by atoms with Crippen LogP contribution >= 0.6 is 11.3 Å². The molecule has 0 saturated carbocycles. The van der Waals surface area contributed by atoms with Gasteiger partial charge in [-0.05, 0) is 98.2 Å². The summed E-state index contributed by atoms with van der Waals surface area (Å²) in [6.45, 7) is 0. The summed E-state index contributed by atoms with van der Waals surface area (Å²) in [5.41, 5.74) is 13.0. The van der Waals surface area contributed by atoms with Crippen LogP contribution in [0, 0.1) is 0 Å². The molecule has 0 bridgehead atoms. The molecule has 1 aromatic heterocycles. The first-order chi connectivity index (χ1) is 26.8. The van der Waals surface area contributed by atoms with Crippen LogP contribution in [0.4, 0.5) is 17.1 Å². The zero-order valence-corrected chi connectivity index (χ0v) is 30.4. The Bertz CT molecular complexity index is 2920. The highest BCUT2D eigenvalue weighted by Crippen LogP contribution is 2.43. The second-order valence-corrected chi connectivity index (χ2v) is 14.8. The average Bonchev–Trinajstić information content (AvgIpc) is 3.63. The van der Waals surface area contributed by atoms with Crippen molar-refractivity contribution in [3.8, 4) is 44.5 Å². The average molecular weight is 706 g/mol. The summed E-state index contributed by atoms with van der Waals surface area (Å²) in [6, 6.07) is 77.1. The summed E-state index contributed by atoms with van der Waals surface area (Å²) in [4.78, 5) is 2.39. The molecule has 54 heavy (non-hydrogen) atoms. The lowest BCUT2D eigenvalue weighted by Crippen LogP contribution is -2.11. The van der Waals surface area contributed by atoms with Crippen LogP contribution in [-0.2, 0) is 0 Å². The molecule has 0 fully saturated rings. The molecule has 1 nitrogen and oxygen atoms in total. The lowest BCUT2D eigenvalue weighted by atomic mass is 9.95. The van der Waals surface area contributed by atoms with Crippen LogP contribution in [0.1, 0.15) is 0 Å². The van der Waals surface area contributed by atoms with Gasteiger partial charge in [0.05, 0.1) is 5.69 Å². The van der Waals surface area contributed by atoms with Gasteiger partial charge in [-0.3, -0.25) is 0 Å².